The average molecular weight is 422 g/mol. The molecular weight excluding hydrogens is 392 g/mol. The largest absolute Gasteiger partial charge is 0.747 e. The number of phenols is 1. The molecule has 2 aromatic rings. The predicted octanol–water partition coefficient (Wildman–Crippen LogP) is 4.32. The number of unbranched alkanes of at least 4 members (excludes halogenated alkanes) is 7. The van der Waals surface area contributed by atoms with Gasteiger partial charge in [-0.3, -0.25) is 9.78 Å². The van der Waals surface area contributed by atoms with E-state index in [0.717, 1.165) is 25.7 Å². The normalized spacial score (nSPS) is 12.8. The fourth-order valence-electron chi connectivity index (χ4n) is 3.35. The number of hydrogen-bond acceptors (Lipinski definition) is 6. The lowest BCUT2D eigenvalue weighted by molar-refractivity contribution is -0.116. The highest BCUT2D eigenvalue weighted by atomic mass is 32.2. The fraction of sp³-hybridized carbons (Fsp3) is 0.524. The van der Waals surface area contributed by atoms with Gasteiger partial charge in [0.1, 0.15) is 26.6 Å². The second-order valence-corrected chi connectivity index (χ2v) is 8.82. The molecule has 1 atom stereocenters. The smallest absolute Gasteiger partial charge is 0.241 e. The summed E-state index contributed by atoms with van der Waals surface area (Å²) >= 11 is 0. The molecule has 0 saturated carbocycles. The van der Waals surface area contributed by atoms with E-state index in [2.05, 4.69) is 17.2 Å². The van der Waals surface area contributed by atoms with Crippen LogP contribution in [0.15, 0.2) is 30.5 Å². The maximum atomic E-state index is 12.6. The van der Waals surface area contributed by atoms with Gasteiger partial charge in [0, 0.05) is 11.6 Å². The highest BCUT2D eigenvalue weighted by molar-refractivity contribution is 7.87. The highest BCUT2D eigenvalue weighted by Crippen LogP contribution is 2.29. The van der Waals surface area contributed by atoms with Crippen LogP contribution in [0.25, 0.3) is 10.9 Å². The van der Waals surface area contributed by atoms with Gasteiger partial charge >= 0.3 is 0 Å². The van der Waals surface area contributed by atoms with Crippen molar-refractivity contribution < 1.29 is 22.9 Å². The van der Waals surface area contributed by atoms with Crippen LogP contribution in [0.2, 0.25) is 0 Å². The van der Waals surface area contributed by atoms with Crippen molar-refractivity contribution in [3.63, 3.8) is 0 Å². The highest BCUT2D eigenvalue weighted by Gasteiger charge is 2.25. The van der Waals surface area contributed by atoms with Crippen LogP contribution in [0.5, 0.6) is 5.75 Å². The quantitative estimate of drug-likeness (QED) is 0.299. The number of carbonyl (C=O) groups excluding carboxylic acids is 1. The van der Waals surface area contributed by atoms with Crippen LogP contribution < -0.4 is 5.32 Å². The van der Waals surface area contributed by atoms with Gasteiger partial charge < -0.3 is 15.0 Å². The number of nitrogens with zero attached hydrogens (tertiary/aromatic N) is 1. The van der Waals surface area contributed by atoms with Crippen molar-refractivity contribution >= 4 is 32.6 Å². The number of amides is 1. The van der Waals surface area contributed by atoms with Gasteiger partial charge in [0.05, 0.1) is 5.69 Å². The van der Waals surface area contributed by atoms with Gasteiger partial charge in [-0.15, -0.1) is 0 Å². The summed E-state index contributed by atoms with van der Waals surface area (Å²) in [5, 5.41) is 11.2. The van der Waals surface area contributed by atoms with Gasteiger partial charge in [-0.25, -0.2) is 8.42 Å². The minimum absolute atomic E-state index is 0.000886. The van der Waals surface area contributed by atoms with Gasteiger partial charge in [0.15, 0.2) is 0 Å². The summed E-state index contributed by atoms with van der Waals surface area (Å²) in [6, 6.07) is 6.11. The summed E-state index contributed by atoms with van der Waals surface area (Å²) in [7, 11) is -4.78. The Morgan fingerprint density at radius 1 is 1.10 bits per heavy atom. The molecule has 1 unspecified atom stereocenters. The van der Waals surface area contributed by atoms with E-state index in [1.165, 1.54) is 37.6 Å². The van der Waals surface area contributed by atoms with E-state index >= 15 is 0 Å². The molecule has 8 heteroatoms. The fourth-order valence-corrected chi connectivity index (χ4v) is 4.13. The monoisotopic (exact) mass is 421 g/mol. The van der Waals surface area contributed by atoms with E-state index in [1.54, 1.807) is 12.1 Å². The van der Waals surface area contributed by atoms with Crippen LogP contribution in [-0.4, -0.2) is 34.2 Å². The Bertz CT molecular complexity index is 914. The van der Waals surface area contributed by atoms with Crippen LogP contribution in [0.4, 0.5) is 5.69 Å². The van der Waals surface area contributed by atoms with E-state index in [9.17, 15) is 22.9 Å². The molecule has 29 heavy (non-hydrogen) atoms. The van der Waals surface area contributed by atoms with Crippen LogP contribution in [0.3, 0.4) is 0 Å². The number of rotatable bonds is 12. The number of pyridine rings is 1. The maximum absolute atomic E-state index is 12.6. The third-order valence-corrected chi connectivity index (χ3v) is 6.11. The number of nitrogens with one attached hydrogen (secondary N) is 1. The molecule has 0 aliphatic carbocycles. The molecule has 0 aliphatic heterocycles. The summed E-state index contributed by atoms with van der Waals surface area (Å²) in [6.45, 7) is 2.16. The van der Waals surface area contributed by atoms with Crippen LogP contribution in [-0.2, 0) is 14.9 Å². The van der Waals surface area contributed by atoms with Gasteiger partial charge in [0.25, 0.3) is 0 Å². The van der Waals surface area contributed by atoms with Gasteiger partial charge in [-0.2, -0.15) is 0 Å². The Labute approximate surface area is 172 Å². The Morgan fingerprint density at radius 3 is 2.41 bits per heavy atom. The van der Waals surface area contributed by atoms with E-state index in [-0.39, 0.29) is 17.7 Å². The summed E-state index contributed by atoms with van der Waals surface area (Å²) in [6.07, 6.45) is 9.59. The molecule has 0 saturated heterocycles. The van der Waals surface area contributed by atoms with Crippen molar-refractivity contribution in [3.8, 4) is 5.75 Å². The van der Waals surface area contributed by atoms with Crippen molar-refractivity contribution in [2.75, 3.05) is 5.32 Å². The summed E-state index contributed by atoms with van der Waals surface area (Å²) < 4.78 is 35.0. The first-order chi connectivity index (χ1) is 13.8. The zero-order valence-electron chi connectivity index (χ0n) is 16.8. The zero-order valence-corrected chi connectivity index (χ0v) is 17.6. The second-order valence-electron chi connectivity index (χ2n) is 7.27. The van der Waals surface area contributed by atoms with Crippen molar-refractivity contribution in [1.82, 2.24) is 4.98 Å². The number of hydrogen-bond donors (Lipinski definition) is 2. The van der Waals surface area contributed by atoms with Crippen molar-refractivity contribution in [2.24, 2.45) is 0 Å². The van der Waals surface area contributed by atoms with Crippen molar-refractivity contribution in [1.29, 1.82) is 0 Å². The molecule has 2 rings (SSSR count). The van der Waals surface area contributed by atoms with Crippen LogP contribution in [0, 0.1) is 0 Å². The molecular formula is C21H29N2O5S-. The van der Waals surface area contributed by atoms with Crippen molar-refractivity contribution in [2.45, 2.75) is 70.0 Å². The molecule has 0 bridgehead atoms. The number of aromatic nitrogens is 1. The number of phenolic OH excluding ortho intramolecular Hbond substituents is 1. The Hall–Kier alpha value is -2.19. The molecule has 160 valence electrons. The first-order valence-electron chi connectivity index (χ1n) is 10.2. The van der Waals surface area contributed by atoms with Gasteiger partial charge in [-0.05, 0) is 30.7 Å². The molecule has 1 aromatic heterocycles. The number of anilines is 1. The first kappa shape index (κ1) is 23.1. The van der Waals surface area contributed by atoms with Gasteiger partial charge in [-0.1, -0.05) is 58.3 Å². The van der Waals surface area contributed by atoms with Gasteiger partial charge in [0.2, 0.25) is 5.91 Å². The average Bonchev–Trinajstić information content (AvgIpc) is 2.68. The topological polar surface area (TPSA) is 119 Å². The minimum Gasteiger partial charge on any atom is -0.747 e. The predicted molar refractivity (Wildman–Crippen MR) is 113 cm³/mol. The Balaban J connectivity index is 1.97. The Kier molecular flexibility index (Phi) is 8.85. The van der Waals surface area contributed by atoms with E-state index in [4.69, 9.17) is 0 Å². The summed E-state index contributed by atoms with van der Waals surface area (Å²) in [4.78, 5) is 16.6. The molecule has 0 fully saturated rings. The van der Waals surface area contributed by atoms with E-state index in [1.807, 2.05) is 0 Å². The van der Waals surface area contributed by atoms with Crippen LogP contribution in [0.1, 0.15) is 64.7 Å². The third kappa shape index (κ3) is 6.97. The SMILES string of the molecule is CCCCCCCCCCC(C(=O)Nc1ccc(O)c2ncccc12)S(=O)(=O)[O-]. The van der Waals surface area contributed by atoms with E-state index in [0.29, 0.717) is 17.5 Å². The molecule has 2 N–H and O–H groups in total. The number of fused-ring (bicyclic) bond motifs is 1. The minimum atomic E-state index is -4.78. The summed E-state index contributed by atoms with van der Waals surface area (Å²) in [5.74, 6) is -0.899. The molecule has 1 amide bonds. The summed E-state index contributed by atoms with van der Waals surface area (Å²) in [5.41, 5.74) is 0.593. The van der Waals surface area contributed by atoms with Crippen LogP contribution >= 0.6 is 0 Å². The lowest BCUT2D eigenvalue weighted by atomic mass is 10.1. The van der Waals surface area contributed by atoms with E-state index < -0.39 is 21.3 Å². The number of aromatic hydroxyl groups is 1. The molecule has 0 aliphatic rings. The second kappa shape index (κ2) is 11.1. The lowest BCUT2D eigenvalue weighted by Crippen LogP contribution is -2.35. The standard InChI is InChI=1S/C21H30N2O5S/c1-2-3-4-5-6-7-8-9-12-19(29(26,27)28)21(25)23-17-13-14-18(24)20-16(17)11-10-15-22-20/h10-11,13-15,19,24H,2-9,12H2,1H3,(H,23,25)(H,26,27,28)/p-1. The van der Waals surface area contributed by atoms with Crippen molar-refractivity contribution in [3.05, 3.63) is 30.5 Å². The molecule has 0 radical (unpaired) electrons. The maximum Gasteiger partial charge on any atom is 0.241 e. The molecule has 1 heterocycles. The molecule has 1 aromatic carbocycles. The molecule has 0 spiro atoms. The lowest BCUT2D eigenvalue weighted by Gasteiger charge is -2.20. The number of benzene rings is 1. The zero-order chi connectivity index (χ0) is 21.3. The first-order valence-corrected chi connectivity index (χ1v) is 11.6. The third-order valence-electron chi connectivity index (χ3n) is 4.97. The number of carbonyl (C=O) groups is 1. The molecule has 7 nitrogen and oxygen atoms in total. The Morgan fingerprint density at radius 2 is 1.76 bits per heavy atom.